The van der Waals surface area contributed by atoms with E-state index >= 15 is 0 Å². The summed E-state index contributed by atoms with van der Waals surface area (Å²) in [7, 11) is 0. The molecule has 2 aromatic heterocycles. The average Bonchev–Trinajstić information content (AvgIpc) is 3.02. The SMILES string of the molecule is Clc1ccccc1Cc1nc(-c2ncn[nH]2)no1. The number of aromatic nitrogens is 5. The fourth-order valence-corrected chi connectivity index (χ4v) is 1.74. The van der Waals surface area contributed by atoms with Crippen molar-refractivity contribution in [3.8, 4) is 11.6 Å². The number of aromatic amines is 1. The van der Waals surface area contributed by atoms with Gasteiger partial charge >= 0.3 is 0 Å². The van der Waals surface area contributed by atoms with Crippen LogP contribution in [-0.4, -0.2) is 25.3 Å². The summed E-state index contributed by atoms with van der Waals surface area (Å²) >= 11 is 6.06. The van der Waals surface area contributed by atoms with E-state index in [1.165, 1.54) is 6.33 Å². The summed E-state index contributed by atoms with van der Waals surface area (Å²) in [6.07, 6.45) is 1.88. The highest BCUT2D eigenvalue weighted by molar-refractivity contribution is 6.31. The summed E-state index contributed by atoms with van der Waals surface area (Å²) < 4.78 is 5.14. The van der Waals surface area contributed by atoms with E-state index in [0.29, 0.717) is 29.0 Å². The van der Waals surface area contributed by atoms with Gasteiger partial charge in [-0.25, -0.2) is 4.98 Å². The van der Waals surface area contributed by atoms with Crippen molar-refractivity contribution >= 4 is 11.6 Å². The van der Waals surface area contributed by atoms with E-state index in [0.717, 1.165) is 5.56 Å². The third-order valence-electron chi connectivity index (χ3n) is 2.39. The molecule has 3 rings (SSSR count). The van der Waals surface area contributed by atoms with Gasteiger partial charge in [-0.1, -0.05) is 35.0 Å². The Hall–Kier alpha value is -2.21. The summed E-state index contributed by atoms with van der Waals surface area (Å²) in [6, 6.07) is 7.53. The Bertz CT molecular complexity index is 649. The molecule has 0 atom stereocenters. The predicted molar refractivity (Wildman–Crippen MR) is 63.9 cm³/mol. The predicted octanol–water partition coefficient (Wildman–Crippen LogP) is 2.10. The molecular weight excluding hydrogens is 254 g/mol. The van der Waals surface area contributed by atoms with Gasteiger partial charge in [0.15, 0.2) is 5.82 Å². The number of H-pyrrole nitrogens is 1. The highest BCUT2D eigenvalue weighted by Gasteiger charge is 2.12. The highest BCUT2D eigenvalue weighted by Crippen LogP contribution is 2.19. The monoisotopic (exact) mass is 261 g/mol. The van der Waals surface area contributed by atoms with E-state index in [-0.39, 0.29) is 0 Å². The first-order valence-electron chi connectivity index (χ1n) is 5.24. The summed E-state index contributed by atoms with van der Waals surface area (Å²) in [6.45, 7) is 0. The van der Waals surface area contributed by atoms with Crippen molar-refractivity contribution in [2.75, 3.05) is 0 Å². The Balaban J connectivity index is 1.85. The summed E-state index contributed by atoms with van der Waals surface area (Å²) in [5.74, 6) is 1.34. The number of nitrogens with one attached hydrogen (secondary N) is 1. The first-order chi connectivity index (χ1) is 8.83. The van der Waals surface area contributed by atoms with Gasteiger partial charge in [-0.3, -0.25) is 5.10 Å². The molecule has 18 heavy (non-hydrogen) atoms. The van der Waals surface area contributed by atoms with E-state index < -0.39 is 0 Å². The molecule has 0 aliphatic rings. The molecule has 0 amide bonds. The molecule has 0 saturated carbocycles. The van der Waals surface area contributed by atoms with Crippen molar-refractivity contribution < 1.29 is 4.52 Å². The quantitative estimate of drug-likeness (QED) is 0.781. The second kappa shape index (κ2) is 4.58. The maximum Gasteiger partial charge on any atom is 0.239 e. The molecule has 0 unspecified atom stereocenters. The van der Waals surface area contributed by atoms with Crippen molar-refractivity contribution in [1.82, 2.24) is 25.3 Å². The summed E-state index contributed by atoms with van der Waals surface area (Å²) in [4.78, 5) is 8.17. The zero-order chi connectivity index (χ0) is 12.4. The van der Waals surface area contributed by atoms with Crippen molar-refractivity contribution in [3.05, 3.63) is 47.1 Å². The van der Waals surface area contributed by atoms with Crippen molar-refractivity contribution in [2.45, 2.75) is 6.42 Å². The zero-order valence-electron chi connectivity index (χ0n) is 9.17. The molecule has 90 valence electrons. The van der Waals surface area contributed by atoms with Gasteiger partial charge in [-0.05, 0) is 11.6 Å². The van der Waals surface area contributed by atoms with E-state index in [1.807, 2.05) is 24.3 Å². The molecule has 0 bridgehead atoms. The van der Waals surface area contributed by atoms with Crippen LogP contribution in [0.15, 0.2) is 35.1 Å². The lowest BCUT2D eigenvalue weighted by Gasteiger charge is -1.98. The third-order valence-corrected chi connectivity index (χ3v) is 2.76. The molecule has 2 heterocycles. The standard InChI is InChI=1S/C11H8ClN5O/c12-8-4-2-1-3-7(8)5-9-15-11(17-18-9)10-13-6-14-16-10/h1-4,6H,5H2,(H,13,14,16). The van der Waals surface area contributed by atoms with Crippen molar-refractivity contribution in [1.29, 1.82) is 0 Å². The van der Waals surface area contributed by atoms with Gasteiger partial charge in [0.2, 0.25) is 11.7 Å². The number of rotatable bonds is 3. The maximum absolute atomic E-state index is 6.06. The van der Waals surface area contributed by atoms with Crippen LogP contribution in [0, 0.1) is 0 Å². The molecule has 0 radical (unpaired) electrons. The van der Waals surface area contributed by atoms with Gasteiger partial charge in [-0.15, -0.1) is 0 Å². The number of halogens is 1. The minimum atomic E-state index is 0.384. The molecule has 1 aromatic carbocycles. The van der Waals surface area contributed by atoms with Gasteiger partial charge in [0, 0.05) is 5.02 Å². The second-order valence-corrected chi connectivity index (χ2v) is 4.02. The van der Waals surface area contributed by atoms with Crippen LogP contribution in [0.2, 0.25) is 5.02 Å². The summed E-state index contributed by atoms with van der Waals surface area (Å²) in [5.41, 5.74) is 0.937. The van der Waals surface area contributed by atoms with Gasteiger partial charge in [0.25, 0.3) is 0 Å². The Morgan fingerprint density at radius 2 is 2.17 bits per heavy atom. The number of hydrogen-bond donors (Lipinski definition) is 1. The first kappa shape index (κ1) is 10.9. The Labute approximate surface area is 107 Å². The number of nitrogens with zero attached hydrogens (tertiary/aromatic N) is 4. The van der Waals surface area contributed by atoms with Crippen molar-refractivity contribution in [3.63, 3.8) is 0 Å². The van der Waals surface area contributed by atoms with E-state index in [9.17, 15) is 0 Å². The fourth-order valence-electron chi connectivity index (χ4n) is 1.54. The molecule has 0 spiro atoms. The van der Waals surface area contributed by atoms with E-state index in [1.54, 1.807) is 0 Å². The van der Waals surface area contributed by atoms with E-state index in [2.05, 4.69) is 25.3 Å². The van der Waals surface area contributed by atoms with Crippen LogP contribution in [0.1, 0.15) is 11.5 Å². The van der Waals surface area contributed by atoms with Crippen molar-refractivity contribution in [2.24, 2.45) is 0 Å². The molecule has 0 aliphatic heterocycles. The van der Waals surface area contributed by atoms with Crippen LogP contribution in [0.4, 0.5) is 0 Å². The minimum Gasteiger partial charge on any atom is -0.339 e. The molecule has 0 fully saturated rings. The molecule has 6 nitrogen and oxygen atoms in total. The normalized spacial score (nSPS) is 10.7. The van der Waals surface area contributed by atoms with Gasteiger partial charge in [0.1, 0.15) is 6.33 Å². The maximum atomic E-state index is 6.06. The second-order valence-electron chi connectivity index (χ2n) is 3.61. The van der Waals surface area contributed by atoms with Crippen LogP contribution in [-0.2, 0) is 6.42 Å². The fraction of sp³-hybridized carbons (Fsp3) is 0.0909. The topological polar surface area (TPSA) is 80.5 Å². The zero-order valence-corrected chi connectivity index (χ0v) is 9.92. The van der Waals surface area contributed by atoms with Crippen LogP contribution in [0.3, 0.4) is 0 Å². The third kappa shape index (κ3) is 2.10. The molecule has 0 aliphatic carbocycles. The van der Waals surface area contributed by atoms with E-state index in [4.69, 9.17) is 16.1 Å². The summed E-state index contributed by atoms with van der Waals surface area (Å²) in [5, 5.41) is 10.9. The van der Waals surface area contributed by atoms with Gasteiger partial charge in [-0.2, -0.15) is 10.1 Å². The van der Waals surface area contributed by atoms with Gasteiger partial charge < -0.3 is 4.52 Å². The molecule has 7 heteroatoms. The smallest absolute Gasteiger partial charge is 0.239 e. The van der Waals surface area contributed by atoms with Crippen LogP contribution in [0.5, 0.6) is 0 Å². The molecule has 1 N–H and O–H groups in total. The molecule has 3 aromatic rings. The number of hydrogen-bond acceptors (Lipinski definition) is 5. The Morgan fingerprint density at radius 1 is 1.28 bits per heavy atom. The van der Waals surface area contributed by atoms with Crippen LogP contribution < -0.4 is 0 Å². The van der Waals surface area contributed by atoms with Crippen LogP contribution in [0.25, 0.3) is 11.6 Å². The highest BCUT2D eigenvalue weighted by atomic mass is 35.5. The lowest BCUT2D eigenvalue weighted by molar-refractivity contribution is 0.385. The average molecular weight is 262 g/mol. The minimum absolute atomic E-state index is 0.384. The lowest BCUT2D eigenvalue weighted by atomic mass is 10.1. The largest absolute Gasteiger partial charge is 0.339 e. The number of benzene rings is 1. The Kier molecular flexibility index (Phi) is 2.77. The van der Waals surface area contributed by atoms with Crippen LogP contribution >= 0.6 is 11.6 Å². The Morgan fingerprint density at radius 3 is 2.94 bits per heavy atom. The molecule has 0 saturated heterocycles. The first-order valence-corrected chi connectivity index (χ1v) is 5.62. The van der Waals surface area contributed by atoms with Gasteiger partial charge in [0.05, 0.1) is 6.42 Å². The molecular formula is C11H8ClN5O. The lowest BCUT2D eigenvalue weighted by Crippen LogP contribution is -1.90.